The summed E-state index contributed by atoms with van der Waals surface area (Å²) in [5, 5.41) is 0. The molecule has 2 nitrogen and oxygen atoms in total. The second kappa shape index (κ2) is 2.76. The molecule has 0 heterocycles. The van der Waals surface area contributed by atoms with Crippen LogP contribution in [0.3, 0.4) is 0 Å². The van der Waals surface area contributed by atoms with E-state index in [2.05, 4.69) is 24.3 Å². The minimum atomic E-state index is 0.255. The molecular weight excluding hydrogens is 184 g/mol. The molecule has 74 valence electrons. The molecule has 0 amide bonds. The van der Waals surface area contributed by atoms with Crippen LogP contribution in [0.4, 0.5) is 0 Å². The van der Waals surface area contributed by atoms with E-state index in [9.17, 15) is 0 Å². The summed E-state index contributed by atoms with van der Waals surface area (Å²) in [7, 11) is 0. The molecule has 1 atom stereocenters. The maximum atomic E-state index is 5.96. The number of hydrogen-bond acceptors (Lipinski definition) is 2. The maximum absolute atomic E-state index is 5.96. The van der Waals surface area contributed by atoms with Crippen LogP contribution in [0.25, 0.3) is 0 Å². The van der Waals surface area contributed by atoms with Gasteiger partial charge in [0.2, 0.25) is 0 Å². The van der Waals surface area contributed by atoms with Gasteiger partial charge in [-0.05, 0) is 28.9 Å². The molecule has 0 aliphatic heterocycles. The molecule has 0 aromatic heterocycles. The number of rotatable bonds is 0. The molecule has 0 fully saturated rings. The van der Waals surface area contributed by atoms with Gasteiger partial charge < -0.3 is 11.5 Å². The van der Waals surface area contributed by atoms with Gasteiger partial charge >= 0.3 is 0 Å². The van der Waals surface area contributed by atoms with E-state index >= 15 is 0 Å². The molecule has 0 aromatic carbocycles. The SMILES string of the molecule is NC1=CC=C2C=CC(N)=C3C=CC=C1C23. The summed E-state index contributed by atoms with van der Waals surface area (Å²) in [4.78, 5) is 0. The topological polar surface area (TPSA) is 52.0 Å². The third-order valence-corrected chi connectivity index (χ3v) is 3.08. The van der Waals surface area contributed by atoms with Crippen LogP contribution in [-0.4, -0.2) is 0 Å². The fraction of sp³-hybridized carbons (Fsp3) is 0.0769. The van der Waals surface area contributed by atoms with Gasteiger partial charge in [-0.3, -0.25) is 0 Å². The van der Waals surface area contributed by atoms with Crippen molar-refractivity contribution in [2.45, 2.75) is 0 Å². The highest BCUT2D eigenvalue weighted by Crippen LogP contribution is 2.41. The second-order valence-corrected chi connectivity index (χ2v) is 3.95. The van der Waals surface area contributed by atoms with Crippen molar-refractivity contribution in [1.82, 2.24) is 0 Å². The Labute approximate surface area is 88.6 Å². The van der Waals surface area contributed by atoms with E-state index in [1.54, 1.807) is 0 Å². The lowest BCUT2D eigenvalue weighted by atomic mass is 9.74. The fourth-order valence-corrected chi connectivity index (χ4v) is 2.31. The maximum Gasteiger partial charge on any atom is 0.0380 e. The first-order chi connectivity index (χ1) is 7.27. The van der Waals surface area contributed by atoms with Crippen LogP contribution in [0.2, 0.25) is 0 Å². The quantitative estimate of drug-likeness (QED) is 0.619. The van der Waals surface area contributed by atoms with Crippen molar-refractivity contribution in [3.8, 4) is 0 Å². The third-order valence-electron chi connectivity index (χ3n) is 3.08. The third kappa shape index (κ3) is 1.05. The van der Waals surface area contributed by atoms with E-state index in [1.165, 1.54) is 5.57 Å². The Morgan fingerprint density at radius 1 is 0.933 bits per heavy atom. The highest BCUT2D eigenvalue weighted by molar-refractivity contribution is 5.61. The molecular formula is C13H12N2. The van der Waals surface area contributed by atoms with Gasteiger partial charge in [0.25, 0.3) is 0 Å². The summed E-state index contributed by atoms with van der Waals surface area (Å²) in [5.74, 6) is 0.255. The molecule has 0 saturated heterocycles. The molecule has 1 unspecified atom stereocenters. The zero-order chi connectivity index (χ0) is 10.4. The largest absolute Gasteiger partial charge is 0.398 e. The molecule has 0 spiro atoms. The fourth-order valence-electron chi connectivity index (χ4n) is 2.31. The van der Waals surface area contributed by atoms with Gasteiger partial charge in [0.1, 0.15) is 0 Å². The number of allylic oxidation sites excluding steroid dienone is 10. The summed E-state index contributed by atoms with van der Waals surface area (Å²) in [5.41, 5.74) is 17.2. The van der Waals surface area contributed by atoms with Gasteiger partial charge in [0.15, 0.2) is 0 Å². The molecule has 3 rings (SSSR count). The molecule has 15 heavy (non-hydrogen) atoms. The van der Waals surface area contributed by atoms with Gasteiger partial charge in [-0.2, -0.15) is 0 Å². The van der Waals surface area contributed by atoms with Crippen molar-refractivity contribution in [3.63, 3.8) is 0 Å². The summed E-state index contributed by atoms with van der Waals surface area (Å²) in [6, 6.07) is 0. The minimum absolute atomic E-state index is 0.255. The summed E-state index contributed by atoms with van der Waals surface area (Å²) in [6.45, 7) is 0. The van der Waals surface area contributed by atoms with Crippen LogP contribution in [0.5, 0.6) is 0 Å². The zero-order valence-corrected chi connectivity index (χ0v) is 8.27. The Morgan fingerprint density at radius 3 is 2.67 bits per heavy atom. The first-order valence-electron chi connectivity index (χ1n) is 5.01. The van der Waals surface area contributed by atoms with Crippen LogP contribution < -0.4 is 11.5 Å². The predicted octanol–water partition coefficient (Wildman–Crippen LogP) is 1.66. The number of hydrogen-bond donors (Lipinski definition) is 2. The predicted molar refractivity (Wildman–Crippen MR) is 61.4 cm³/mol. The summed E-state index contributed by atoms with van der Waals surface area (Å²) < 4.78 is 0. The second-order valence-electron chi connectivity index (χ2n) is 3.95. The normalized spacial score (nSPS) is 26.9. The molecule has 0 aromatic rings. The van der Waals surface area contributed by atoms with Gasteiger partial charge in [0.05, 0.1) is 0 Å². The smallest absolute Gasteiger partial charge is 0.0380 e. The van der Waals surface area contributed by atoms with E-state index in [-0.39, 0.29) is 5.92 Å². The standard InChI is InChI=1S/C13H12N2/c14-11-6-4-8-5-7-12(15)10-3-1-2-9(11)13(8)10/h1-7,13H,14-15H2. The van der Waals surface area contributed by atoms with Gasteiger partial charge in [-0.25, -0.2) is 0 Å². The van der Waals surface area contributed by atoms with Crippen molar-refractivity contribution < 1.29 is 0 Å². The van der Waals surface area contributed by atoms with Gasteiger partial charge in [-0.1, -0.05) is 30.4 Å². The molecule has 3 aliphatic carbocycles. The van der Waals surface area contributed by atoms with Crippen molar-refractivity contribution >= 4 is 0 Å². The summed E-state index contributed by atoms with van der Waals surface area (Å²) in [6.07, 6.45) is 14.2. The lowest BCUT2D eigenvalue weighted by Crippen LogP contribution is -2.23. The van der Waals surface area contributed by atoms with Crippen molar-refractivity contribution in [1.29, 1.82) is 0 Å². The van der Waals surface area contributed by atoms with Crippen LogP contribution in [0.1, 0.15) is 0 Å². The molecule has 2 heteroatoms. The highest BCUT2D eigenvalue weighted by atomic mass is 14.6. The lowest BCUT2D eigenvalue weighted by Gasteiger charge is -2.31. The zero-order valence-electron chi connectivity index (χ0n) is 8.27. The number of nitrogens with two attached hydrogens (primary N) is 2. The van der Waals surface area contributed by atoms with Crippen LogP contribution in [-0.2, 0) is 0 Å². The molecule has 4 N–H and O–H groups in total. The van der Waals surface area contributed by atoms with Crippen LogP contribution >= 0.6 is 0 Å². The van der Waals surface area contributed by atoms with E-state index < -0.39 is 0 Å². The molecule has 0 saturated carbocycles. The van der Waals surface area contributed by atoms with E-state index in [4.69, 9.17) is 11.5 Å². The van der Waals surface area contributed by atoms with E-state index in [1.807, 2.05) is 18.2 Å². The van der Waals surface area contributed by atoms with Gasteiger partial charge in [0, 0.05) is 17.3 Å². The minimum Gasteiger partial charge on any atom is -0.398 e. The average Bonchev–Trinajstić information content (AvgIpc) is 2.27. The first-order valence-corrected chi connectivity index (χ1v) is 5.01. The van der Waals surface area contributed by atoms with Crippen LogP contribution in [0, 0.1) is 5.92 Å². The lowest BCUT2D eigenvalue weighted by molar-refractivity contribution is 0.837. The van der Waals surface area contributed by atoms with E-state index in [0.29, 0.717) is 0 Å². The summed E-state index contributed by atoms with van der Waals surface area (Å²) >= 11 is 0. The van der Waals surface area contributed by atoms with Crippen LogP contribution in [0.15, 0.2) is 70.6 Å². The van der Waals surface area contributed by atoms with Crippen molar-refractivity contribution in [2.75, 3.05) is 0 Å². The highest BCUT2D eigenvalue weighted by Gasteiger charge is 2.29. The van der Waals surface area contributed by atoms with Crippen molar-refractivity contribution in [3.05, 3.63) is 70.6 Å². The Kier molecular flexibility index (Phi) is 1.54. The van der Waals surface area contributed by atoms with E-state index in [0.717, 1.165) is 22.5 Å². The van der Waals surface area contributed by atoms with Gasteiger partial charge in [-0.15, -0.1) is 0 Å². The molecule has 0 bridgehead atoms. The molecule has 0 radical (unpaired) electrons. The Balaban J connectivity index is 2.26. The van der Waals surface area contributed by atoms with Crippen molar-refractivity contribution in [2.24, 2.45) is 17.4 Å². The Morgan fingerprint density at radius 2 is 1.80 bits per heavy atom. The first kappa shape index (κ1) is 8.36. The Bertz CT molecular complexity index is 511. The monoisotopic (exact) mass is 196 g/mol. The average molecular weight is 196 g/mol. The molecule has 3 aliphatic rings. The Hall–Kier alpha value is -1.96.